The second-order valence-electron chi connectivity index (χ2n) is 4.77. The van der Waals surface area contributed by atoms with Crippen molar-refractivity contribution >= 4 is 16.9 Å². The summed E-state index contributed by atoms with van der Waals surface area (Å²) in [4.78, 5) is 18.2. The molecule has 0 saturated heterocycles. The van der Waals surface area contributed by atoms with Gasteiger partial charge in [-0.3, -0.25) is 4.79 Å². The van der Waals surface area contributed by atoms with Crippen molar-refractivity contribution in [2.75, 3.05) is 13.2 Å². The van der Waals surface area contributed by atoms with E-state index >= 15 is 0 Å². The number of aliphatic hydroxyl groups is 1. The maximum Gasteiger partial charge on any atom is 0.242 e. The van der Waals surface area contributed by atoms with Gasteiger partial charge in [-0.2, -0.15) is 0 Å². The minimum atomic E-state index is -0.0192. The normalized spacial score (nSPS) is 11.2. The molecule has 0 fully saturated rings. The summed E-state index contributed by atoms with van der Waals surface area (Å²) in [5, 5.41) is 9.02. The van der Waals surface area contributed by atoms with Crippen molar-refractivity contribution < 1.29 is 9.90 Å². The number of amides is 1. The number of fused-ring (bicyclic) bond motifs is 1. The maximum absolute atomic E-state index is 12.3. The molecule has 0 unspecified atom stereocenters. The summed E-state index contributed by atoms with van der Waals surface area (Å²) in [7, 11) is 0. The number of nitrogens with zero attached hydrogens (tertiary/aromatic N) is 3. The number of benzene rings is 1. The minimum absolute atomic E-state index is 0.00722. The quantitative estimate of drug-likeness (QED) is 0.881. The maximum atomic E-state index is 12.3. The van der Waals surface area contributed by atoms with Crippen LogP contribution in [0.4, 0.5) is 0 Å². The molecule has 1 amide bonds. The van der Waals surface area contributed by atoms with Gasteiger partial charge in [-0.25, -0.2) is 4.98 Å². The molecule has 19 heavy (non-hydrogen) atoms. The van der Waals surface area contributed by atoms with Gasteiger partial charge in [0.1, 0.15) is 6.54 Å². The van der Waals surface area contributed by atoms with Crippen LogP contribution in [-0.4, -0.2) is 44.7 Å². The van der Waals surface area contributed by atoms with Crippen molar-refractivity contribution in [3.8, 4) is 0 Å². The predicted octanol–water partition coefficient (Wildman–Crippen LogP) is 1.27. The lowest BCUT2D eigenvalue weighted by atomic mass is 10.3. The van der Waals surface area contributed by atoms with E-state index in [-0.39, 0.29) is 25.1 Å². The van der Waals surface area contributed by atoms with Crippen molar-refractivity contribution in [2.24, 2.45) is 0 Å². The second-order valence-corrected chi connectivity index (χ2v) is 4.77. The van der Waals surface area contributed by atoms with Crippen molar-refractivity contribution in [1.82, 2.24) is 14.5 Å². The lowest BCUT2D eigenvalue weighted by Crippen LogP contribution is -2.40. The molecule has 2 aromatic rings. The predicted molar refractivity (Wildman–Crippen MR) is 73.7 cm³/mol. The van der Waals surface area contributed by atoms with Crippen LogP contribution < -0.4 is 0 Å². The molecular weight excluding hydrogens is 242 g/mol. The number of para-hydroxylation sites is 2. The van der Waals surface area contributed by atoms with Crippen LogP contribution in [0.1, 0.15) is 13.8 Å². The first kappa shape index (κ1) is 13.5. The SMILES string of the molecule is CC(C)N(CCO)C(=O)Cn1cnc2ccccc21. The molecular formula is C14H19N3O2. The van der Waals surface area contributed by atoms with E-state index in [0.717, 1.165) is 11.0 Å². The first-order chi connectivity index (χ1) is 9.13. The molecule has 1 aromatic heterocycles. The average Bonchev–Trinajstić information content (AvgIpc) is 2.79. The molecule has 5 nitrogen and oxygen atoms in total. The number of imidazole rings is 1. The van der Waals surface area contributed by atoms with E-state index in [9.17, 15) is 4.79 Å². The molecule has 0 spiro atoms. The van der Waals surface area contributed by atoms with Gasteiger partial charge in [0.2, 0.25) is 5.91 Å². The first-order valence-electron chi connectivity index (χ1n) is 6.43. The van der Waals surface area contributed by atoms with Crippen LogP contribution >= 0.6 is 0 Å². The Kier molecular flexibility index (Phi) is 4.16. The fourth-order valence-corrected chi connectivity index (χ4v) is 2.15. The van der Waals surface area contributed by atoms with E-state index in [4.69, 9.17) is 5.11 Å². The van der Waals surface area contributed by atoms with Crippen molar-refractivity contribution in [1.29, 1.82) is 0 Å². The van der Waals surface area contributed by atoms with Gasteiger partial charge in [-0.05, 0) is 26.0 Å². The number of aromatic nitrogens is 2. The zero-order valence-corrected chi connectivity index (χ0v) is 11.3. The van der Waals surface area contributed by atoms with Crippen LogP contribution in [0.3, 0.4) is 0 Å². The second kappa shape index (κ2) is 5.84. The Labute approximate surface area is 112 Å². The third-order valence-electron chi connectivity index (χ3n) is 3.12. The molecule has 102 valence electrons. The van der Waals surface area contributed by atoms with E-state index in [1.54, 1.807) is 11.2 Å². The van der Waals surface area contributed by atoms with Crippen LogP contribution in [0.5, 0.6) is 0 Å². The summed E-state index contributed by atoms with van der Waals surface area (Å²) in [5.41, 5.74) is 1.83. The van der Waals surface area contributed by atoms with Crippen molar-refractivity contribution in [3.63, 3.8) is 0 Å². The third-order valence-corrected chi connectivity index (χ3v) is 3.12. The summed E-state index contributed by atoms with van der Waals surface area (Å²) in [6.07, 6.45) is 1.68. The van der Waals surface area contributed by atoms with Gasteiger partial charge in [0.25, 0.3) is 0 Å². The van der Waals surface area contributed by atoms with Crippen LogP contribution in [-0.2, 0) is 11.3 Å². The Morgan fingerprint density at radius 3 is 2.84 bits per heavy atom. The number of carbonyl (C=O) groups excluding carboxylic acids is 1. The highest BCUT2D eigenvalue weighted by atomic mass is 16.3. The van der Waals surface area contributed by atoms with Crippen LogP contribution in [0.15, 0.2) is 30.6 Å². The smallest absolute Gasteiger partial charge is 0.242 e. The standard InChI is InChI=1S/C14H19N3O2/c1-11(2)17(7-8-18)14(19)9-16-10-15-12-5-3-4-6-13(12)16/h3-6,10-11,18H,7-9H2,1-2H3. The van der Waals surface area contributed by atoms with Gasteiger partial charge in [-0.1, -0.05) is 12.1 Å². The van der Waals surface area contributed by atoms with E-state index in [1.165, 1.54) is 0 Å². The lowest BCUT2D eigenvalue weighted by Gasteiger charge is -2.26. The summed E-state index contributed by atoms with van der Waals surface area (Å²) in [5.74, 6) is -0.00722. The molecule has 0 aliphatic rings. The Bertz CT molecular complexity index is 563. The van der Waals surface area contributed by atoms with Gasteiger partial charge >= 0.3 is 0 Å². The Hall–Kier alpha value is -1.88. The summed E-state index contributed by atoms with van der Waals surface area (Å²) < 4.78 is 1.84. The highest BCUT2D eigenvalue weighted by Crippen LogP contribution is 2.12. The van der Waals surface area contributed by atoms with Crippen LogP contribution in [0.2, 0.25) is 0 Å². The van der Waals surface area contributed by atoms with E-state index in [0.29, 0.717) is 6.54 Å². The fourth-order valence-electron chi connectivity index (χ4n) is 2.15. The molecule has 0 atom stereocenters. The van der Waals surface area contributed by atoms with Gasteiger partial charge in [0.05, 0.1) is 24.0 Å². The Morgan fingerprint density at radius 2 is 2.16 bits per heavy atom. The molecule has 2 rings (SSSR count). The Balaban J connectivity index is 2.18. The molecule has 0 bridgehead atoms. The van der Waals surface area contributed by atoms with Crippen molar-refractivity contribution in [2.45, 2.75) is 26.4 Å². The van der Waals surface area contributed by atoms with Crippen molar-refractivity contribution in [3.05, 3.63) is 30.6 Å². The number of aliphatic hydroxyl groups excluding tert-OH is 1. The molecule has 0 aliphatic heterocycles. The van der Waals surface area contributed by atoms with Crippen LogP contribution in [0.25, 0.3) is 11.0 Å². The molecule has 1 N–H and O–H groups in total. The largest absolute Gasteiger partial charge is 0.395 e. The molecule has 1 aromatic carbocycles. The zero-order valence-electron chi connectivity index (χ0n) is 11.3. The first-order valence-corrected chi connectivity index (χ1v) is 6.43. The number of hydrogen-bond acceptors (Lipinski definition) is 3. The molecule has 0 radical (unpaired) electrons. The molecule has 5 heteroatoms. The van der Waals surface area contributed by atoms with E-state index in [2.05, 4.69) is 4.98 Å². The monoisotopic (exact) mass is 261 g/mol. The zero-order chi connectivity index (χ0) is 13.8. The number of hydrogen-bond donors (Lipinski definition) is 1. The van der Waals surface area contributed by atoms with Gasteiger partial charge in [0.15, 0.2) is 0 Å². The minimum Gasteiger partial charge on any atom is -0.395 e. The van der Waals surface area contributed by atoms with Gasteiger partial charge < -0.3 is 14.6 Å². The lowest BCUT2D eigenvalue weighted by molar-refractivity contribution is -0.134. The van der Waals surface area contributed by atoms with E-state index in [1.807, 2.05) is 42.7 Å². The third kappa shape index (κ3) is 2.93. The molecule has 1 heterocycles. The summed E-state index contributed by atoms with van der Waals surface area (Å²) >= 11 is 0. The molecule has 0 aliphatic carbocycles. The van der Waals surface area contributed by atoms with Gasteiger partial charge in [0, 0.05) is 12.6 Å². The highest BCUT2D eigenvalue weighted by Gasteiger charge is 2.17. The van der Waals surface area contributed by atoms with Gasteiger partial charge in [-0.15, -0.1) is 0 Å². The van der Waals surface area contributed by atoms with Crippen LogP contribution in [0, 0.1) is 0 Å². The highest BCUT2D eigenvalue weighted by molar-refractivity contribution is 5.80. The number of carbonyl (C=O) groups is 1. The topological polar surface area (TPSA) is 58.4 Å². The summed E-state index contributed by atoms with van der Waals surface area (Å²) in [6.45, 7) is 4.48. The fraction of sp³-hybridized carbons (Fsp3) is 0.429. The molecule has 0 saturated carbocycles. The summed E-state index contributed by atoms with van der Waals surface area (Å²) in [6, 6.07) is 7.80. The average molecular weight is 261 g/mol. The Morgan fingerprint density at radius 1 is 1.42 bits per heavy atom. The van der Waals surface area contributed by atoms with E-state index < -0.39 is 0 Å². The number of rotatable bonds is 5.